The number of aliphatic carboxylic acids is 1. The first kappa shape index (κ1) is 13.3. The van der Waals surface area contributed by atoms with Crippen LogP contribution in [0.15, 0.2) is 24.3 Å². The fourth-order valence-corrected chi connectivity index (χ4v) is 2.41. The van der Waals surface area contributed by atoms with E-state index in [2.05, 4.69) is 10.6 Å². The molecule has 0 radical (unpaired) electrons. The Labute approximate surface area is 111 Å². The van der Waals surface area contributed by atoms with Crippen molar-refractivity contribution < 1.29 is 9.90 Å². The van der Waals surface area contributed by atoms with Gasteiger partial charge in [0.25, 0.3) is 0 Å². The Morgan fingerprint density at radius 3 is 3.06 bits per heavy atom. The fraction of sp³-hybridized carbons (Fsp3) is 0.462. The number of hydrogen-bond donors (Lipinski definition) is 3. The number of carboxylic acids is 1. The summed E-state index contributed by atoms with van der Waals surface area (Å²) in [4.78, 5) is 10.9. The Morgan fingerprint density at radius 1 is 1.50 bits per heavy atom. The normalized spacial score (nSPS) is 23.8. The van der Waals surface area contributed by atoms with Gasteiger partial charge in [0, 0.05) is 30.7 Å². The predicted octanol–water partition coefficient (Wildman–Crippen LogP) is 1.49. The highest BCUT2D eigenvalue weighted by Crippen LogP contribution is 2.13. The average Bonchev–Trinajstić information content (AvgIpc) is 2.37. The Morgan fingerprint density at radius 2 is 2.33 bits per heavy atom. The molecule has 3 N–H and O–H groups in total. The third-order valence-electron chi connectivity index (χ3n) is 3.18. The maximum absolute atomic E-state index is 10.9. The largest absolute Gasteiger partial charge is 0.481 e. The first-order valence-electron chi connectivity index (χ1n) is 6.06. The van der Waals surface area contributed by atoms with Gasteiger partial charge in [-0.1, -0.05) is 23.7 Å². The van der Waals surface area contributed by atoms with Gasteiger partial charge < -0.3 is 15.7 Å². The molecule has 1 saturated heterocycles. The van der Waals surface area contributed by atoms with Crippen molar-refractivity contribution in [3.05, 3.63) is 34.9 Å². The topological polar surface area (TPSA) is 61.4 Å². The summed E-state index contributed by atoms with van der Waals surface area (Å²) < 4.78 is 0. The number of carbonyl (C=O) groups is 1. The van der Waals surface area contributed by atoms with E-state index in [4.69, 9.17) is 16.7 Å². The molecule has 1 heterocycles. The van der Waals surface area contributed by atoms with Crippen molar-refractivity contribution in [1.29, 1.82) is 0 Å². The number of piperidine rings is 1. The zero-order chi connectivity index (χ0) is 13.0. The van der Waals surface area contributed by atoms with E-state index in [0.717, 1.165) is 17.1 Å². The van der Waals surface area contributed by atoms with Crippen molar-refractivity contribution in [2.24, 2.45) is 5.92 Å². The van der Waals surface area contributed by atoms with Gasteiger partial charge in [0.1, 0.15) is 0 Å². The van der Waals surface area contributed by atoms with E-state index in [9.17, 15) is 4.79 Å². The smallest absolute Gasteiger partial charge is 0.307 e. The van der Waals surface area contributed by atoms with Gasteiger partial charge in [-0.15, -0.1) is 0 Å². The summed E-state index contributed by atoms with van der Waals surface area (Å²) in [5, 5.41) is 16.2. The van der Waals surface area contributed by atoms with E-state index in [1.54, 1.807) is 0 Å². The molecule has 1 aromatic rings. The minimum atomic E-state index is -0.725. The van der Waals surface area contributed by atoms with E-state index in [0.29, 0.717) is 19.5 Å². The Hall–Kier alpha value is -1.10. The summed E-state index contributed by atoms with van der Waals surface area (Å²) in [7, 11) is 0. The van der Waals surface area contributed by atoms with Crippen LogP contribution in [0.4, 0.5) is 0 Å². The fourth-order valence-electron chi connectivity index (χ4n) is 2.19. The van der Waals surface area contributed by atoms with E-state index in [1.165, 1.54) is 0 Å². The number of halogens is 1. The molecule has 4 nitrogen and oxygen atoms in total. The van der Waals surface area contributed by atoms with Gasteiger partial charge in [-0.25, -0.2) is 0 Å². The number of benzene rings is 1. The van der Waals surface area contributed by atoms with Gasteiger partial charge in [0.15, 0.2) is 0 Å². The molecular weight excluding hydrogens is 252 g/mol. The van der Waals surface area contributed by atoms with Crippen LogP contribution in [0.3, 0.4) is 0 Å². The van der Waals surface area contributed by atoms with Crippen LogP contribution in [0.5, 0.6) is 0 Å². The summed E-state index contributed by atoms with van der Waals surface area (Å²) in [6, 6.07) is 7.87. The van der Waals surface area contributed by atoms with Crippen LogP contribution in [-0.2, 0) is 11.3 Å². The number of rotatable bonds is 4. The Bertz CT molecular complexity index is 425. The lowest BCUT2D eigenvalue weighted by molar-refractivity contribution is -0.142. The van der Waals surface area contributed by atoms with Gasteiger partial charge in [-0.05, 0) is 24.1 Å². The zero-order valence-electron chi connectivity index (χ0n) is 10.0. The highest BCUT2D eigenvalue weighted by Gasteiger charge is 2.26. The third-order valence-corrected chi connectivity index (χ3v) is 3.42. The summed E-state index contributed by atoms with van der Waals surface area (Å²) in [6.07, 6.45) is 0.670. The molecule has 0 aliphatic carbocycles. The molecule has 2 rings (SSSR count). The standard InChI is InChI=1S/C13H17ClN2O2/c14-11-3-1-2-9(4-11)6-16-12-5-10(13(17)18)7-15-8-12/h1-4,10,12,15-16H,5-8H2,(H,17,18). The molecule has 1 aliphatic heterocycles. The predicted molar refractivity (Wildman–Crippen MR) is 70.7 cm³/mol. The van der Waals surface area contributed by atoms with Crippen molar-refractivity contribution >= 4 is 17.6 Å². The van der Waals surface area contributed by atoms with E-state index in [-0.39, 0.29) is 12.0 Å². The Kier molecular flexibility index (Phi) is 4.58. The maximum atomic E-state index is 10.9. The molecule has 2 unspecified atom stereocenters. The van der Waals surface area contributed by atoms with E-state index in [1.807, 2.05) is 24.3 Å². The van der Waals surface area contributed by atoms with Crippen LogP contribution in [0.25, 0.3) is 0 Å². The highest BCUT2D eigenvalue weighted by atomic mass is 35.5. The second kappa shape index (κ2) is 6.18. The van der Waals surface area contributed by atoms with Crippen LogP contribution in [-0.4, -0.2) is 30.2 Å². The molecule has 1 aliphatic rings. The second-order valence-electron chi connectivity index (χ2n) is 4.64. The monoisotopic (exact) mass is 268 g/mol. The summed E-state index contributed by atoms with van der Waals surface area (Å²) in [6.45, 7) is 2.08. The molecule has 1 fully saturated rings. The molecule has 2 atom stereocenters. The Balaban J connectivity index is 1.84. The lowest BCUT2D eigenvalue weighted by Gasteiger charge is -2.28. The third kappa shape index (κ3) is 3.70. The molecule has 1 aromatic carbocycles. The first-order valence-corrected chi connectivity index (χ1v) is 6.44. The minimum absolute atomic E-state index is 0.193. The highest BCUT2D eigenvalue weighted by molar-refractivity contribution is 6.30. The molecule has 0 saturated carbocycles. The first-order chi connectivity index (χ1) is 8.65. The lowest BCUT2D eigenvalue weighted by atomic mass is 9.96. The van der Waals surface area contributed by atoms with Gasteiger partial charge >= 0.3 is 5.97 Å². The maximum Gasteiger partial charge on any atom is 0.307 e. The van der Waals surface area contributed by atoms with Crippen LogP contribution in [0, 0.1) is 5.92 Å². The molecule has 0 bridgehead atoms. The van der Waals surface area contributed by atoms with Gasteiger partial charge in [-0.2, -0.15) is 0 Å². The number of hydrogen-bond acceptors (Lipinski definition) is 3. The summed E-state index contributed by atoms with van der Waals surface area (Å²) >= 11 is 5.91. The van der Waals surface area contributed by atoms with Gasteiger partial charge in [0.05, 0.1) is 5.92 Å². The van der Waals surface area contributed by atoms with Crippen molar-refractivity contribution in [3.63, 3.8) is 0 Å². The molecular formula is C13H17ClN2O2. The van der Waals surface area contributed by atoms with E-state index >= 15 is 0 Å². The van der Waals surface area contributed by atoms with Crippen LogP contribution >= 0.6 is 11.6 Å². The average molecular weight is 269 g/mol. The quantitative estimate of drug-likeness (QED) is 0.774. The SMILES string of the molecule is O=C(O)C1CNCC(NCc2cccc(Cl)c2)C1. The molecule has 0 spiro atoms. The zero-order valence-corrected chi connectivity index (χ0v) is 10.8. The van der Waals surface area contributed by atoms with Gasteiger partial charge in [-0.3, -0.25) is 4.79 Å². The molecule has 5 heteroatoms. The minimum Gasteiger partial charge on any atom is -0.481 e. The van der Waals surface area contributed by atoms with Crippen LogP contribution < -0.4 is 10.6 Å². The summed E-state index contributed by atoms with van der Waals surface area (Å²) in [5.74, 6) is -1.02. The van der Waals surface area contributed by atoms with Crippen molar-refractivity contribution in [1.82, 2.24) is 10.6 Å². The molecule has 0 aromatic heterocycles. The number of nitrogens with one attached hydrogen (secondary N) is 2. The van der Waals surface area contributed by atoms with Crippen molar-refractivity contribution in [3.8, 4) is 0 Å². The lowest BCUT2D eigenvalue weighted by Crippen LogP contribution is -2.48. The van der Waals surface area contributed by atoms with Crippen molar-refractivity contribution in [2.75, 3.05) is 13.1 Å². The summed E-state index contributed by atoms with van der Waals surface area (Å²) in [5.41, 5.74) is 1.11. The molecule has 18 heavy (non-hydrogen) atoms. The van der Waals surface area contributed by atoms with Gasteiger partial charge in [0.2, 0.25) is 0 Å². The van der Waals surface area contributed by atoms with Crippen LogP contribution in [0.2, 0.25) is 5.02 Å². The van der Waals surface area contributed by atoms with Crippen LogP contribution in [0.1, 0.15) is 12.0 Å². The van der Waals surface area contributed by atoms with E-state index < -0.39 is 5.97 Å². The number of carboxylic acid groups (broad SMARTS) is 1. The molecule has 0 amide bonds. The second-order valence-corrected chi connectivity index (χ2v) is 5.07. The van der Waals surface area contributed by atoms with Crippen molar-refractivity contribution in [2.45, 2.75) is 19.0 Å². The molecule has 98 valence electrons.